The van der Waals surface area contributed by atoms with Crippen molar-refractivity contribution in [2.75, 3.05) is 19.6 Å². The highest BCUT2D eigenvalue weighted by atomic mass is 32.1. The fraction of sp³-hybridized carbons (Fsp3) is 0.556. The third kappa shape index (κ3) is 4.05. The summed E-state index contributed by atoms with van der Waals surface area (Å²) in [5.74, 6) is 1.14. The molecule has 1 saturated carbocycles. The molecule has 128 valence electrons. The summed E-state index contributed by atoms with van der Waals surface area (Å²) in [6, 6.07) is 4.71. The first kappa shape index (κ1) is 16.2. The van der Waals surface area contributed by atoms with E-state index in [0.29, 0.717) is 12.5 Å². The van der Waals surface area contributed by atoms with Crippen LogP contribution in [0.25, 0.3) is 9.88 Å². The van der Waals surface area contributed by atoms with Gasteiger partial charge < -0.3 is 10.2 Å². The fourth-order valence-electron chi connectivity index (χ4n) is 3.16. The van der Waals surface area contributed by atoms with Gasteiger partial charge in [-0.15, -0.1) is 22.7 Å². The van der Waals surface area contributed by atoms with Crippen LogP contribution in [0.2, 0.25) is 0 Å². The van der Waals surface area contributed by atoms with Crippen molar-refractivity contribution in [2.45, 2.75) is 38.1 Å². The molecule has 0 spiro atoms. The minimum absolute atomic E-state index is 0.221. The monoisotopic (exact) mass is 361 g/mol. The summed E-state index contributed by atoms with van der Waals surface area (Å²) in [6.45, 7) is 2.93. The normalized spacial score (nSPS) is 18.9. The lowest BCUT2D eigenvalue weighted by Gasteiger charge is -2.32. The Bertz CT molecular complexity index is 670. The lowest BCUT2D eigenvalue weighted by atomic mass is 10.0. The first-order valence-corrected chi connectivity index (χ1v) is 10.5. The Balaban J connectivity index is 1.26. The smallest absolute Gasteiger partial charge is 0.228 e. The number of thiazole rings is 1. The zero-order valence-corrected chi connectivity index (χ0v) is 15.4. The van der Waals surface area contributed by atoms with Crippen LogP contribution in [-0.4, -0.2) is 41.5 Å². The Hall–Kier alpha value is -1.24. The number of nitrogens with zero attached hydrogens (tertiary/aromatic N) is 2. The first-order valence-electron chi connectivity index (χ1n) is 8.77. The largest absolute Gasteiger partial charge is 0.342 e. The summed E-state index contributed by atoms with van der Waals surface area (Å²) in [6.07, 6.45) is 5.38. The number of nitrogens with one attached hydrogen (secondary N) is 1. The molecule has 2 fully saturated rings. The van der Waals surface area contributed by atoms with Gasteiger partial charge in [-0.3, -0.25) is 4.79 Å². The number of aromatic nitrogens is 1. The van der Waals surface area contributed by atoms with Gasteiger partial charge in [0.25, 0.3) is 0 Å². The first-order chi connectivity index (χ1) is 11.8. The molecule has 1 saturated heterocycles. The van der Waals surface area contributed by atoms with E-state index < -0.39 is 0 Å². The molecule has 4 nitrogen and oxygen atoms in total. The van der Waals surface area contributed by atoms with Crippen molar-refractivity contribution in [2.24, 2.45) is 5.92 Å². The van der Waals surface area contributed by atoms with E-state index in [-0.39, 0.29) is 5.91 Å². The number of hydrogen-bond acceptors (Lipinski definition) is 5. The summed E-state index contributed by atoms with van der Waals surface area (Å²) in [5.41, 5.74) is 0.905. The summed E-state index contributed by atoms with van der Waals surface area (Å²) < 4.78 is 0. The average Bonchev–Trinajstić information content (AvgIpc) is 3.07. The minimum Gasteiger partial charge on any atom is -0.342 e. The molecule has 0 radical (unpaired) electrons. The number of carbonyl (C=O) groups is 1. The van der Waals surface area contributed by atoms with Crippen LogP contribution in [0.5, 0.6) is 0 Å². The molecule has 1 amide bonds. The lowest BCUT2D eigenvalue weighted by Crippen LogP contribution is -2.45. The third-order valence-corrected chi connectivity index (χ3v) is 6.79. The zero-order chi connectivity index (χ0) is 16.4. The molecule has 2 aromatic rings. The van der Waals surface area contributed by atoms with Gasteiger partial charge in [0, 0.05) is 24.5 Å². The second-order valence-electron chi connectivity index (χ2n) is 6.80. The van der Waals surface area contributed by atoms with Crippen molar-refractivity contribution in [1.82, 2.24) is 15.2 Å². The molecule has 1 N–H and O–H groups in total. The van der Waals surface area contributed by atoms with Gasteiger partial charge in [-0.05, 0) is 49.6 Å². The van der Waals surface area contributed by atoms with Crippen LogP contribution in [0, 0.1) is 5.92 Å². The van der Waals surface area contributed by atoms with Crippen molar-refractivity contribution in [1.29, 1.82) is 0 Å². The van der Waals surface area contributed by atoms with E-state index in [1.54, 1.807) is 22.7 Å². The summed E-state index contributed by atoms with van der Waals surface area (Å²) in [7, 11) is 0. The maximum Gasteiger partial charge on any atom is 0.228 e. The molecule has 4 rings (SSSR count). The van der Waals surface area contributed by atoms with Crippen LogP contribution in [0.15, 0.2) is 22.9 Å². The highest BCUT2D eigenvalue weighted by Crippen LogP contribution is 2.29. The Morgan fingerprint density at radius 2 is 2.08 bits per heavy atom. The number of amides is 1. The van der Waals surface area contributed by atoms with E-state index in [4.69, 9.17) is 0 Å². The fourth-order valence-corrected chi connectivity index (χ4v) is 4.79. The molecule has 2 aliphatic rings. The van der Waals surface area contributed by atoms with Gasteiger partial charge >= 0.3 is 0 Å². The summed E-state index contributed by atoms with van der Waals surface area (Å²) >= 11 is 3.32. The predicted octanol–water partition coefficient (Wildman–Crippen LogP) is 3.40. The van der Waals surface area contributed by atoms with Crippen LogP contribution in [-0.2, 0) is 11.2 Å². The van der Waals surface area contributed by atoms with Crippen molar-refractivity contribution in [3.8, 4) is 9.88 Å². The van der Waals surface area contributed by atoms with Gasteiger partial charge in [-0.1, -0.05) is 6.07 Å². The highest BCUT2D eigenvalue weighted by Gasteiger charge is 2.26. The molecule has 1 aliphatic carbocycles. The average molecular weight is 362 g/mol. The molecular formula is C18H23N3OS2. The Morgan fingerprint density at radius 1 is 1.25 bits per heavy atom. The van der Waals surface area contributed by atoms with Gasteiger partial charge in [0.1, 0.15) is 5.01 Å². The Morgan fingerprint density at radius 3 is 2.79 bits per heavy atom. The van der Waals surface area contributed by atoms with Crippen molar-refractivity contribution >= 4 is 28.6 Å². The van der Waals surface area contributed by atoms with E-state index in [9.17, 15) is 4.79 Å². The van der Waals surface area contributed by atoms with E-state index >= 15 is 0 Å². The maximum atomic E-state index is 12.5. The molecule has 1 aliphatic heterocycles. The lowest BCUT2D eigenvalue weighted by molar-refractivity contribution is -0.131. The molecule has 24 heavy (non-hydrogen) atoms. The number of thiophene rings is 1. The van der Waals surface area contributed by atoms with Crippen molar-refractivity contribution in [3.05, 3.63) is 28.6 Å². The summed E-state index contributed by atoms with van der Waals surface area (Å²) in [5, 5.41) is 8.77. The van der Waals surface area contributed by atoms with E-state index in [1.165, 1.54) is 24.3 Å². The standard InChI is InChI=1S/C18H23N3OS2/c22-17(10-15-12-24-18(20-15)16-2-1-9-23-16)21-7-5-14(6-8-21)19-11-13-3-4-13/h1-2,9,12-14,19H,3-8,10-11H2. The van der Waals surface area contributed by atoms with Gasteiger partial charge in [-0.2, -0.15) is 0 Å². The van der Waals surface area contributed by atoms with Gasteiger partial charge in [0.15, 0.2) is 0 Å². The number of hydrogen-bond donors (Lipinski definition) is 1. The maximum absolute atomic E-state index is 12.5. The Labute approximate surface area is 150 Å². The zero-order valence-electron chi connectivity index (χ0n) is 13.7. The van der Waals surface area contributed by atoms with Gasteiger partial charge in [0.2, 0.25) is 5.91 Å². The second-order valence-corrected chi connectivity index (χ2v) is 8.61. The molecule has 2 aromatic heterocycles. The highest BCUT2D eigenvalue weighted by molar-refractivity contribution is 7.20. The topological polar surface area (TPSA) is 45.2 Å². The van der Waals surface area contributed by atoms with E-state index in [1.807, 2.05) is 16.3 Å². The quantitative estimate of drug-likeness (QED) is 0.858. The molecule has 6 heteroatoms. The number of piperidine rings is 1. The molecule has 0 bridgehead atoms. The third-order valence-electron chi connectivity index (χ3n) is 4.86. The predicted molar refractivity (Wildman–Crippen MR) is 99.5 cm³/mol. The van der Waals surface area contributed by atoms with Crippen LogP contribution in [0.3, 0.4) is 0 Å². The summed E-state index contributed by atoms with van der Waals surface area (Å²) in [4.78, 5) is 20.3. The number of rotatable bonds is 6. The van der Waals surface area contributed by atoms with Crippen LogP contribution >= 0.6 is 22.7 Å². The second kappa shape index (κ2) is 7.33. The molecule has 0 unspecified atom stereocenters. The van der Waals surface area contributed by atoms with Crippen molar-refractivity contribution in [3.63, 3.8) is 0 Å². The van der Waals surface area contributed by atoms with Crippen LogP contribution < -0.4 is 5.32 Å². The van der Waals surface area contributed by atoms with E-state index in [2.05, 4.69) is 21.7 Å². The van der Waals surface area contributed by atoms with Gasteiger partial charge in [-0.25, -0.2) is 4.98 Å². The number of likely N-dealkylation sites (tertiary alicyclic amines) is 1. The molecule has 0 aromatic carbocycles. The molecule has 0 atom stereocenters. The van der Waals surface area contributed by atoms with Crippen molar-refractivity contribution < 1.29 is 4.79 Å². The molecule has 3 heterocycles. The Kier molecular flexibility index (Phi) is 4.96. The van der Waals surface area contributed by atoms with Gasteiger partial charge in [0.05, 0.1) is 17.0 Å². The SMILES string of the molecule is O=C(Cc1csc(-c2cccs2)n1)N1CCC(NCC2CC2)CC1. The van der Waals surface area contributed by atoms with E-state index in [0.717, 1.165) is 42.6 Å². The minimum atomic E-state index is 0.221. The van der Waals surface area contributed by atoms with Crippen LogP contribution in [0.1, 0.15) is 31.4 Å². The van der Waals surface area contributed by atoms with Crippen LogP contribution in [0.4, 0.5) is 0 Å². The number of carbonyl (C=O) groups excluding carboxylic acids is 1. The molecular weight excluding hydrogens is 338 g/mol.